The van der Waals surface area contributed by atoms with Gasteiger partial charge in [0.1, 0.15) is 12.0 Å². The van der Waals surface area contributed by atoms with Crippen molar-refractivity contribution in [2.75, 3.05) is 0 Å². The van der Waals surface area contributed by atoms with E-state index in [4.69, 9.17) is 5.21 Å². The topological polar surface area (TPSA) is 116 Å². The van der Waals surface area contributed by atoms with E-state index in [2.05, 4.69) is 5.32 Å². The van der Waals surface area contributed by atoms with Gasteiger partial charge in [-0.15, -0.1) is 0 Å². The summed E-state index contributed by atoms with van der Waals surface area (Å²) in [6.45, 7) is 3.67. The van der Waals surface area contributed by atoms with Gasteiger partial charge in [-0.2, -0.15) is 0 Å². The van der Waals surface area contributed by atoms with Gasteiger partial charge < -0.3 is 10.4 Å². The van der Waals surface area contributed by atoms with Crippen molar-refractivity contribution in [3.05, 3.63) is 35.9 Å². The lowest BCUT2D eigenvalue weighted by atomic mass is 9.96. The molecule has 2 atom stereocenters. The van der Waals surface area contributed by atoms with Crippen molar-refractivity contribution in [3.8, 4) is 0 Å². The Kier molecular flexibility index (Phi) is 7.21. The highest BCUT2D eigenvalue weighted by atomic mass is 16.5. The van der Waals surface area contributed by atoms with Crippen LogP contribution in [0.5, 0.6) is 0 Å². The van der Waals surface area contributed by atoms with Crippen molar-refractivity contribution in [2.24, 2.45) is 11.8 Å². The molecule has 0 saturated heterocycles. The van der Waals surface area contributed by atoms with E-state index in [0.717, 1.165) is 5.56 Å². The van der Waals surface area contributed by atoms with Crippen LogP contribution in [0.1, 0.15) is 25.8 Å². The van der Waals surface area contributed by atoms with E-state index in [1.165, 1.54) is 5.48 Å². The van der Waals surface area contributed by atoms with E-state index in [1.54, 1.807) is 30.3 Å². The average Bonchev–Trinajstić information content (AvgIpc) is 2.51. The fourth-order valence-electron chi connectivity index (χ4n) is 2.20. The van der Waals surface area contributed by atoms with Gasteiger partial charge in [0.15, 0.2) is 0 Å². The summed E-state index contributed by atoms with van der Waals surface area (Å²) in [6, 6.07) is 7.74. The normalized spacial score (nSPS) is 13.2. The fourth-order valence-corrected chi connectivity index (χ4v) is 2.20. The van der Waals surface area contributed by atoms with Gasteiger partial charge in [0.25, 0.3) is 5.91 Å². The summed E-state index contributed by atoms with van der Waals surface area (Å²) in [5, 5.41) is 20.4. The minimum atomic E-state index is -1.21. The number of hydrogen-bond donors (Lipinski definition) is 4. The standard InChI is InChI=1S/C16H22N2O5/c1-10(2)8-13(16(21)22)17-14(19)12(15(20)18-23)9-11-6-4-3-5-7-11/h3-7,10,12-13,23H,8-9H2,1-2H3,(H,17,19)(H,18,20)(H,21,22)/t12?,13-/m0/s1. The maximum atomic E-state index is 12.3. The third kappa shape index (κ3) is 6.07. The largest absolute Gasteiger partial charge is 0.480 e. The van der Waals surface area contributed by atoms with E-state index in [1.807, 2.05) is 13.8 Å². The maximum Gasteiger partial charge on any atom is 0.326 e. The third-order valence-electron chi connectivity index (χ3n) is 3.35. The van der Waals surface area contributed by atoms with Crippen LogP contribution in [0.15, 0.2) is 30.3 Å². The van der Waals surface area contributed by atoms with Crippen LogP contribution in [0.25, 0.3) is 0 Å². The molecule has 1 aromatic rings. The van der Waals surface area contributed by atoms with Gasteiger partial charge in [-0.3, -0.25) is 14.8 Å². The summed E-state index contributed by atoms with van der Waals surface area (Å²) in [5.41, 5.74) is 2.19. The van der Waals surface area contributed by atoms with Gasteiger partial charge in [0, 0.05) is 0 Å². The first-order valence-corrected chi connectivity index (χ1v) is 7.36. The minimum absolute atomic E-state index is 0.0626. The number of hydrogen-bond acceptors (Lipinski definition) is 4. The molecule has 0 aliphatic carbocycles. The Bertz CT molecular complexity index is 545. The molecule has 1 unspecified atom stereocenters. The average molecular weight is 322 g/mol. The monoisotopic (exact) mass is 322 g/mol. The van der Waals surface area contributed by atoms with Crippen molar-refractivity contribution in [3.63, 3.8) is 0 Å². The first-order valence-electron chi connectivity index (χ1n) is 7.36. The van der Waals surface area contributed by atoms with Gasteiger partial charge in [-0.25, -0.2) is 10.3 Å². The summed E-state index contributed by atoms with van der Waals surface area (Å²) in [6.07, 6.45) is 0.312. The molecule has 1 aromatic carbocycles. The zero-order valence-electron chi connectivity index (χ0n) is 13.2. The molecule has 4 N–H and O–H groups in total. The van der Waals surface area contributed by atoms with Crippen molar-refractivity contribution < 1.29 is 24.7 Å². The van der Waals surface area contributed by atoms with Crippen LogP contribution in [-0.4, -0.2) is 34.1 Å². The van der Waals surface area contributed by atoms with Crippen molar-refractivity contribution in [1.29, 1.82) is 0 Å². The Balaban J connectivity index is 2.86. The first-order chi connectivity index (χ1) is 10.8. The molecule has 0 fully saturated rings. The van der Waals surface area contributed by atoms with E-state index in [0.29, 0.717) is 0 Å². The maximum absolute atomic E-state index is 12.3. The number of carbonyl (C=O) groups is 3. The Morgan fingerprint density at radius 2 is 1.70 bits per heavy atom. The SMILES string of the molecule is CC(C)C[C@H](NC(=O)C(Cc1ccccc1)C(=O)NO)C(=O)O. The lowest BCUT2D eigenvalue weighted by Crippen LogP contribution is -2.48. The number of carbonyl (C=O) groups excluding carboxylic acids is 2. The molecule has 0 bridgehead atoms. The quantitative estimate of drug-likeness (QED) is 0.323. The first kappa shape index (κ1) is 18.6. The molecule has 1 rings (SSSR count). The van der Waals surface area contributed by atoms with Crippen molar-refractivity contribution in [1.82, 2.24) is 10.8 Å². The number of amides is 2. The number of nitrogens with one attached hydrogen (secondary N) is 2. The van der Waals surface area contributed by atoms with Gasteiger partial charge in [0.05, 0.1) is 0 Å². The number of rotatable bonds is 8. The third-order valence-corrected chi connectivity index (χ3v) is 3.35. The molecule has 7 nitrogen and oxygen atoms in total. The Morgan fingerprint density at radius 1 is 1.09 bits per heavy atom. The van der Waals surface area contributed by atoms with E-state index < -0.39 is 29.7 Å². The second kappa shape index (κ2) is 8.89. The highest BCUT2D eigenvalue weighted by Crippen LogP contribution is 2.11. The van der Waals surface area contributed by atoms with E-state index >= 15 is 0 Å². The number of aliphatic carboxylic acids is 1. The molecule has 0 spiro atoms. The molecule has 0 heterocycles. The van der Waals surface area contributed by atoms with Crippen LogP contribution in [0.2, 0.25) is 0 Å². The van der Waals surface area contributed by atoms with Crippen LogP contribution in [0, 0.1) is 11.8 Å². The van der Waals surface area contributed by atoms with Gasteiger partial charge >= 0.3 is 5.97 Å². The molecule has 0 aromatic heterocycles. The molecular formula is C16H22N2O5. The lowest BCUT2D eigenvalue weighted by Gasteiger charge is -2.20. The number of benzene rings is 1. The molecule has 0 aliphatic rings. The van der Waals surface area contributed by atoms with E-state index in [9.17, 15) is 19.5 Å². The van der Waals surface area contributed by atoms with Crippen LogP contribution < -0.4 is 10.8 Å². The van der Waals surface area contributed by atoms with Crippen molar-refractivity contribution >= 4 is 17.8 Å². The zero-order chi connectivity index (χ0) is 17.4. The zero-order valence-corrected chi connectivity index (χ0v) is 13.2. The summed E-state index contributed by atoms with van der Waals surface area (Å²) in [5.74, 6) is -3.91. The second-order valence-corrected chi connectivity index (χ2v) is 5.75. The molecule has 0 saturated carbocycles. The molecule has 0 radical (unpaired) electrons. The lowest BCUT2D eigenvalue weighted by molar-refractivity contribution is -0.146. The Morgan fingerprint density at radius 3 is 2.17 bits per heavy atom. The predicted octanol–water partition coefficient (Wildman–Crippen LogP) is 0.966. The summed E-state index contributed by atoms with van der Waals surface area (Å²) in [4.78, 5) is 35.3. The molecule has 126 valence electrons. The predicted molar refractivity (Wildman–Crippen MR) is 82.6 cm³/mol. The Hall–Kier alpha value is -2.41. The van der Waals surface area contributed by atoms with Crippen LogP contribution in [-0.2, 0) is 20.8 Å². The summed E-state index contributed by atoms with van der Waals surface area (Å²) >= 11 is 0. The number of carboxylic acid groups (broad SMARTS) is 1. The smallest absolute Gasteiger partial charge is 0.326 e. The van der Waals surface area contributed by atoms with Gasteiger partial charge in [-0.1, -0.05) is 44.2 Å². The van der Waals surface area contributed by atoms with Gasteiger partial charge in [-0.05, 0) is 24.3 Å². The summed E-state index contributed by atoms with van der Waals surface area (Å²) in [7, 11) is 0. The molecule has 23 heavy (non-hydrogen) atoms. The number of carboxylic acids is 1. The molecule has 2 amide bonds. The van der Waals surface area contributed by atoms with E-state index in [-0.39, 0.29) is 18.8 Å². The highest BCUT2D eigenvalue weighted by Gasteiger charge is 2.30. The molecule has 7 heteroatoms. The fraction of sp³-hybridized carbons (Fsp3) is 0.438. The second-order valence-electron chi connectivity index (χ2n) is 5.75. The molecule has 0 aliphatic heterocycles. The van der Waals surface area contributed by atoms with Crippen molar-refractivity contribution in [2.45, 2.75) is 32.7 Å². The minimum Gasteiger partial charge on any atom is -0.480 e. The number of hydroxylamine groups is 1. The van der Waals surface area contributed by atoms with Crippen LogP contribution >= 0.6 is 0 Å². The summed E-state index contributed by atoms with van der Waals surface area (Å²) < 4.78 is 0. The highest BCUT2D eigenvalue weighted by molar-refractivity contribution is 6.01. The van der Waals surface area contributed by atoms with Crippen LogP contribution in [0.4, 0.5) is 0 Å². The molecular weight excluding hydrogens is 300 g/mol. The van der Waals surface area contributed by atoms with Crippen LogP contribution in [0.3, 0.4) is 0 Å². The Labute approximate surface area is 134 Å². The van der Waals surface area contributed by atoms with Gasteiger partial charge in [0.2, 0.25) is 5.91 Å².